The van der Waals surface area contributed by atoms with Gasteiger partial charge in [0, 0.05) is 25.0 Å². The van der Waals surface area contributed by atoms with Gasteiger partial charge in [-0.05, 0) is 12.5 Å². The molecule has 1 N–H and O–H groups in total. The van der Waals surface area contributed by atoms with Gasteiger partial charge in [-0.25, -0.2) is 9.59 Å². The van der Waals surface area contributed by atoms with Gasteiger partial charge in [0.25, 0.3) is 0 Å². The molecule has 0 unspecified atom stereocenters. The number of carbonyl (C=O) groups excluding carboxylic acids is 1. The van der Waals surface area contributed by atoms with Gasteiger partial charge >= 0.3 is 11.9 Å². The van der Waals surface area contributed by atoms with E-state index in [1.165, 1.54) is 13.3 Å². The van der Waals surface area contributed by atoms with Crippen LogP contribution in [0, 0.1) is 6.92 Å². The number of carboxylic acid groups (broad SMARTS) is 1. The molecular formula is C21H20N2O5. The number of hydrogen-bond acceptors (Lipinski definition) is 4. The Bertz CT molecular complexity index is 1140. The lowest BCUT2D eigenvalue weighted by atomic mass is 10.1. The lowest BCUT2D eigenvalue weighted by Crippen LogP contribution is -2.21. The Hall–Kier alpha value is -3.61. The summed E-state index contributed by atoms with van der Waals surface area (Å²) in [6, 6.07) is 9.41. The first-order valence-electron chi connectivity index (χ1n) is 8.63. The second-order valence-corrected chi connectivity index (χ2v) is 6.34. The lowest BCUT2D eigenvalue weighted by molar-refractivity contribution is 0.0600. The zero-order valence-electron chi connectivity index (χ0n) is 15.6. The van der Waals surface area contributed by atoms with E-state index in [9.17, 15) is 19.5 Å². The third-order valence-corrected chi connectivity index (χ3v) is 4.66. The van der Waals surface area contributed by atoms with Gasteiger partial charge in [0.15, 0.2) is 0 Å². The van der Waals surface area contributed by atoms with E-state index in [2.05, 4.69) is 6.58 Å². The number of methoxy groups -OCH3 is 1. The van der Waals surface area contributed by atoms with Crippen molar-refractivity contribution in [1.82, 2.24) is 9.13 Å². The third kappa shape index (κ3) is 3.11. The van der Waals surface area contributed by atoms with Crippen LogP contribution in [0.15, 0.2) is 54.0 Å². The van der Waals surface area contributed by atoms with Crippen molar-refractivity contribution >= 4 is 23.0 Å². The molecular weight excluding hydrogens is 360 g/mol. The molecule has 2 aromatic heterocycles. The van der Waals surface area contributed by atoms with Crippen molar-refractivity contribution in [2.24, 2.45) is 0 Å². The minimum Gasteiger partial charge on any atom is -0.477 e. The summed E-state index contributed by atoms with van der Waals surface area (Å²) in [6.45, 7) is 5.94. The number of hydrogen-bond donors (Lipinski definition) is 1. The number of benzene rings is 1. The predicted molar refractivity (Wildman–Crippen MR) is 105 cm³/mol. The summed E-state index contributed by atoms with van der Waals surface area (Å²) < 4.78 is 8.15. The highest BCUT2D eigenvalue weighted by molar-refractivity contribution is 6.05. The maximum atomic E-state index is 13.0. The number of pyridine rings is 1. The molecule has 0 aliphatic heterocycles. The van der Waals surface area contributed by atoms with Crippen molar-refractivity contribution in [3.63, 3.8) is 0 Å². The molecule has 0 aliphatic rings. The van der Waals surface area contributed by atoms with Crippen molar-refractivity contribution in [3.8, 4) is 0 Å². The molecule has 1 aromatic carbocycles. The van der Waals surface area contributed by atoms with Crippen LogP contribution in [0.3, 0.4) is 0 Å². The predicted octanol–water partition coefficient (Wildman–Crippen LogP) is 2.83. The van der Waals surface area contributed by atoms with Gasteiger partial charge in [0.1, 0.15) is 16.6 Å². The van der Waals surface area contributed by atoms with Crippen molar-refractivity contribution in [1.29, 1.82) is 0 Å². The summed E-state index contributed by atoms with van der Waals surface area (Å²) in [7, 11) is 1.27. The molecule has 0 bridgehead atoms. The van der Waals surface area contributed by atoms with Gasteiger partial charge in [-0.15, -0.1) is 6.58 Å². The molecule has 0 fully saturated rings. The fourth-order valence-electron chi connectivity index (χ4n) is 3.38. The number of carbonyl (C=O) groups is 2. The average Bonchev–Trinajstić information content (AvgIpc) is 2.97. The zero-order chi connectivity index (χ0) is 20.4. The molecule has 0 spiro atoms. The van der Waals surface area contributed by atoms with E-state index in [0.717, 1.165) is 5.56 Å². The highest BCUT2D eigenvalue weighted by atomic mass is 16.5. The summed E-state index contributed by atoms with van der Waals surface area (Å²) in [5.74, 6) is -1.91. The van der Waals surface area contributed by atoms with Crippen LogP contribution >= 0.6 is 0 Å². The molecule has 2 heterocycles. The van der Waals surface area contributed by atoms with Crippen LogP contribution in [0.4, 0.5) is 0 Å². The van der Waals surface area contributed by atoms with Crippen LogP contribution in [0.25, 0.3) is 11.0 Å². The number of esters is 1. The SMILES string of the molecule is C=CCn1cc(C(=O)O)c(=O)c2c1c(C(=O)OC)c(C)n2Cc1ccccc1. The Morgan fingerprint density at radius 3 is 2.46 bits per heavy atom. The first-order valence-corrected chi connectivity index (χ1v) is 8.63. The van der Waals surface area contributed by atoms with Crippen LogP contribution in [0.2, 0.25) is 0 Å². The normalized spacial score (nSPS) is 10.8. The second kappa shape index (κ2) is 7.56. The van der Waals surface area contributed by atoms with Crippen LogP contribution in [0.5, 0.6) is 0 Å². The third-order valence-electron chi connectivity index (χ3n) is 4.66. The minimum atomic E-state index is -1.32. The van der Waals surface area contributed by atoms with E-state index in [0.29, 0.717) is 17.8 Å². The topological polar surface area (TPSA) is 90.5 Å². The summed E-state index contributed by atoms with van der Waals surface area (Å²) in [6.07, 6.45) is 2.81. The molecule has 0 atom stereocenters. The van der Waals surface area contributed by atoms with Gasteiger partial charge < -0.3 is 19.0 Å². The standard InChI is InChI=1S/C21H20N2O5/c1-4-10-22-12-15(20(25)26)19(24)18-17(22)16(21(27)28-3)13(2)23(18)11-14-8-6-5-7-9-14/h4-9,12H,1,10-11H2,2-3H3,(H,25,26). The fraction of sp³-hybridized carbons (Fsp3) is 0.190. The number of fused-ring (bicyclic) bond motifs is 1. The van der Waals surface area contributed by atoms with Crippen molar-refractivity contribution in [3.05, 3.63) is 81.8 Å². The number of ether oxygens (including phenoxy) is 1. The zero-order valence-corrected chi connectivity index (χ0v) is 15.6. The van der Waals surface area contributed by atoms with E-state index in [4.69, 9.17) is 4.74 Å². The van der Waals surface area contributed by atoms with E-state index >= 15 is 0 Å². The van der Waals surface area contributed by atoms with Crippen LogP contribution in [-0.4, -0.2) is 33.3 Å². The first kappa shape index (κ1) is 19.2. The summed E-state index contributed by atoms with van der Waals surface area (Å²) >= 11 is 0. The molecule has 0 aliphatic carbocycles. The number of aromatic nitrogens is 2. The Balaban J connectivity index is 2.46. The summed E-state index contributed by atoms with van der Waals surface area (Å²) in [5.41, 5.74) is 1.18. The highest BCUT2D eigenvalue weighted by Gasteiger charge is 2.27. The largest absolute Gasteiger partial charge is 0.477 e. The number of nitrogens with zero attached hydrogens (tertiary/aromatic N) is 2. The van der Waals surface area contributed by atoms with Crippen LogP contribution in [-0.2, 0) is 17.8 Å². The van der Waals surface area contributed by atoms with Gasteiger partial charge in [-0.3, -0.25) is 4.79 Å². The molecule has 7 heteroatoms. The Kier molecular flexibility index (Phi) is 5.17. The van der Waals surface area contributed by atoms with E-state index < -0.39 is 17.4 Å². The van der Waals surface area contributed by atoms with Crippen molar-refractivity contribution in [2.45, 2.75) is 20.0 Å². The molecule has 7 nitrogen and oxygen atoms in total. The Morgan fingerprint density at radius 1 is 1.21 bits per heavy atom. The number of allylic oxidation sites excluding steroid dienone is 1. The van der Waals surface area contributed by atoms with Crippen LogP contribution in [0.1, 0.15) is 32.0 Å². The molecule has 28 heavy (non-hydrogen) atoms. The van der Waals surface area contributed by atoms with Gasteiger partial charge in [-0.2, -0.15) is 0 Å². The Morgan fingerprint density at radius 2 is 1.89 bits per heavy atom. The van der Waals surface area contributed by atoms with Gasteiger partial charge in [0.2, 0.25) is 5.43 Å². The summed E-state index contributed by atoms with van der Waals surface area (Å²) in [5, 5.41) is 9.49. The number of carboxylic acids is 1. The molecule has 0 saturated carbocycles. The van der Waals surface area contributed by atoms with Gasteiger partial charge in [-0.1, -0.05) is 36.4 Å². The van der Waals surface area contributed by atoms with E-state index in [1.54, 1.807) is 22.1 Å². The van der Waals surface area contributed by atoms with Gasteiger partial charge in [0.05, 0.1) is 12.6 Å². The number of rotatable bonds is 6. The molecule has 0 amide bonds. The smallest absolute Gasteiger partial charge is 0.341 e. The molecule has 0 saturated heterocycles. The quantitative estimate of drug-likeness (QED) is 0.525. The summed E-state index contributed by atoms with van der Waals surface area (Å²) in [4.78, 5) is 37.2. The second-order valence-electron chi connectivity index (χ2n) is 6.34. The molecule has 0 radical (unpaired) electrons. The average molecular weight is 380 g/mol. The maximum absolute atomic E-state index is 13.0. The molecule has 144 valence electrons. The molecule has 3 rings (SSSR count). The monoisotopic (exact) mass is 380 g/mol. The van der Waals surface area contributed by atoms with Crippen molar-refractivity contribution < 1.29 is 19.4 Å². The minimum absolute atomic E-state index is 0.156. The van der Waals surface area contributed by atoms with E-state index in [1.807, 2.05) is 30.3 Å². The fourth-order valence-corrected chi connectivity index (χ4v) is 3.38. The van der Waals surface area contributed by atoms with E-state index in [-0.39, 0.29) is 23.2 Å². The number of aromatic carboxylic acids is 1. The van der Waals surface area contributed by atoms with Crippen LogP contribution < -0.4 is 5.43 Å². The van der Waals surface area contributed by atoms with Crippen molar-refractivity contribution in [2.75, 3.05) is 7.11 Å². The molecule has 3 aromatic rings. The maximum Gasteiger partial charge on any atom is 0.341 e. The first-order chi connectivity index (χ1) is 13.4. The lowest BCUT2D eigenvalue weighted by Gasteiger charge is -2.11. The Labute approximate surface area is 161 Å². The highest BCUT2D eigenvalue weighted by Crippen LogP contribution is 2.26.